The predicted molar refractivity (Wildman–Crippen MR) is 111 cm³/mol. The lowest BCUT2D eigenvalue weighted by atomic mass is 9.92. The monoisotopic (exact) mass is 430 g/mol. The van der Waals surface area contributed by atoms with Crippen LogP contribution in [0.1, 0.15) is 35.4 Å². The molecule has 0 radical (unpaired) electrons. The van der Waals surface area contributed by atoms with Crippen LogP contribution < -0.4 is 10.1 Å². The molecule has 3 aromatic rings. The van der Waals surface area contributed by atoms with Crippen LogP contribution in [-0.4, -0.2) is 54.0 Å². The van der Waals surface area contributed by atoms with Crippen molar-refractivity contribution in [2.75, 3.05) is 31.3 Å². The number of rotatable bonds is 5. The Morgan fingerprint density at radius 2 is 2.17 bits per heavy atom. The third-order valence-electron chi connectivity index (χ3n) is 5.98. The van der Waals surface area contributed by atoms with Gasteiger partial charge in [0.1, 0.15) is 17.9 Å². The lowest BCUT2D eigenvalue weighted by Crippen LogP contribution is -2.34. The number of piperidine rings is 1. The minimum atomic E-state index is -0.935. The van der Waals surface area contributed by atoms with Crippen LogP contribution in [0.15, 0.2) is 24.7 Å². The van der Waals surface area contributed by atoms with Crippen molar-refractivity contribution in [1.29, 1.82) is 0 Å². The van der Waals surface area contributed by atoms with Crippen LogP contribution in [-0.2, 0) is 24.0 Å². The number of hydrogen-bond donors (Lipinski definition) is 1. The van der Waals surface area contributed by atoms with E-state index in [4.69, 9.17) is 4.74 Å². The number of ether oxygens (including phenoxy) is 1. The lowest BCUT2D eigenvalue weighted by Gasteiger charge is -2.30. The van der Waals surface area contributed by atoms with Gasteiger partial charge in [0.2, 0.25) is 5.95 Å². The van der Waals surface area contributed by atoms with Gasteiger partial charge in [-0.25, -0.2) is 17.9 Å². The third kappa shape index (κ3) is 3.43. The molecule has 1 saturated heterocycles. The maximum absolute atomic E-state index is 14.4. The number of halogens is 1. The number of hydrogen-bond acceptors (Lipinski definition) is 6. The van der Waals surface area contributed by atoms with Crippen molar-refractivity contribution in [2.45, 2.75) is 31.7 Å². The van der Waals surface area contributed by atoms with E-state index in [1.165, 1.54) is 6.07 Å². The van der Waals surface area contributed by atoms with Gasteiger partial charge in [0.15, 0.2) is 5.65 Å². The Hall–Kier alpha value is -2.59. The highest BCUT2D eigenvalue weighted by Crippen LogP contribution is 2.32. The Morgan fingerprint density at radius 3 is 2.97 bits per heavy atom. The van der Waals surface area contributed by atoms with Gasteiger partial charge in [-0.15, -0.1) is 10.2 Å². The zero-order chi connectivity index (χ0) is 20.7. The summed E-state index contributed by atoms with van der Waals surface area (Å²) in [7, 11) is -0.935. The van der Waals surface area contributed by atoms with E-state index < -0.39 is 11.0 Å². The van der Waals surface area contributed by atoms with E-state index in [9.17, 15) is 8.60 Å². The van der Waals surface area contributed by atoms with E-state index in [-0.39, 0.29) is 5.82 Å². The predicted octanol–water partition coefficient (Wildman–Crippen LogP) is 2.28. The molecule has 1 atom stereocenters. The van der Waals surface area contributed by atoms with Gasteiger partial charge in [-0.2, -0.15) is 0 Å². The van der Waals surface area contributed by atoms with E-state index in [0.29, 0.717) is 37.0 Å². The first kappa shape index (κ1) is 19.4. The van der Waals surface area contributed by atoms with Crippen LogP contribution in [0.2, 0.25) is 0 Å². The molecule has 2 aliphatic heterocycles. The molecule has 10 heteroatoms. The topological polar surface area (TPSA) is 84.7 Å². The zero-order valence-corrected chi connectivity index (χ0v) is 17.5. The average Bonchev–Trinajstić information content (AvgIpc) is 3.43. The average molecular weight is 431 g/mol. The van der Waals surface area contributed by atoms with Crippen molar-refractivity contribution in [3.05, 3.63) is 47.2 Å². The summed E-state index contributed by atoms with van der Waals surface area (Å²) in [5, 5.41) is 11.6. The summed E-state index contributed by atoms with van der Waals surface area (Å²) in [6.07, 6.45) is 7.69. The number of anilines is 1. The molecule has 158 valence electrons. The highest BCUT2D eigenvalue weighted by molar-refractivity contribution is 7.81. The summed E-state index contributed by atoms with van der Waals surface area (Å²) in [5.41, 5.74) is 3.32. The fourth-order valence-corrected chi connectivity index (χ4v) is 5.08. The van der Waals surface area contributed by atoms with Gasteiger partial charge in [0.05, 0.1) is 17.6 Å². The molecule has 1 aromatic carbocycles. The largest absolute Gasteiger partial charge is 0.493 e. The Morgan fingerprint density at radius 1 is 1.33 bits per heavy atom. The van der Waals surface area contributed by atoms with Crippen molar-refractivity contribution in [2.24, 2.45) is 0 Å². The van der Waals surface area contributed by atoms with E-state index in [1.807, 2.05) is 14.9 Å². The second-order valence-electron chi connectivity index (χ2n) is 7.64. The first-order valence-corrected chi connectivity index (χ1v) is 11.6. The van der Waals surface area contributed by atoms with Crippen LogP contribution in [0.25, 0.3) is 5.65 Å². The Kier molecular flexibility index (Phi) is 5.11. The Labute approximate surface area is 176 Å². The molecular weight excluding hydrogens is 407 g/mol. The first-order chi connectivity index (χ1) is 14.6. The highest BCUT2D eigenvalue weighted by Gasteiger charge is 2.26. The van der Waals surface area contributed by atoms with E-state index in [2.05, 4.69) is 20.5 Å². The Bertz CT molecular complexity index is 1110. The van der Waals surface area contributed by atoms with Crippen molar-refractivity contribution >= 4 is 22.6 Å². The highest BCUT2D eigenvalue weighted by atomic mass is 32.2. The number of benzene rings is 1. The normalized spacial score (nSPS) is 18.3. The van der Waals surface area contributed by atoms with Crippen molar-refractivity contribution in [3.8, 4) is 5.75 Å². The summed E-state index contributed by atoms with van der Waals surface area (Å²) in [4.78, 5) is 4.59. The van der Waals surface area contributed by atoms with Gasteiger partial charge in [0, 0.05) is 55.2 Å². The molecule has 2 aromatic heterocycles. The van der Waals surface area contributed by atoms with Gasteiger partial charge in [-0.1, -0.05) is 0 Å². The quantitative estimate of drug-likeness (QED) is 0.669. The molecule has 1 fully saturated rings. The minimum absolute atomic E-state index is 0.247. The van der Waals surface area contributed by atoms with Crippen LogP contribution in [0.4, 0.5) is 10.3 Å². The summed E-state index contributed by atoms with van der Waals surface area (Å²) in [6, 6.07) is 3.13. The third-order valence-corrected chi connectivity index (χ3v) is 7.07. The molecule has 4 heterocycles. The molecule has 0 bridgehead atoms. The number of aromatic nitrogens is 4. The van der Waals surface area contributed by atoms with Gasteiger partial charge in [-0.05, 0) is 30.9 Å². The molecular formula is C20H23FN6O2S. The fraction of sp³-hybridized carbons (Fsp3) is 0.450. The van der Waals surface area contributed by atoms with Crippen molar-refractivity contribution in [1.82, 2.24) is 23.9 Å². The smallest absolute Gasteiger partial charge is 0.210 e. The van der Waals surface area contributed by atoms with Gasteiger partial charge in [0.25, 0.3) is 0 Å². The summed E-state index contributed by atoms with van der Waals surface area (Å²) in [5.74, 6) is 1.38. The zero-order valence-electron chi connectivity index (χ0n) is 16.7. The summed E-state index contributed by atoms with van der Waals surface area (Å²) < 4.78 is 35.5. The molecule has 1 unspecified atom stereocenters. The number of fused-ring (bicyclic) bond motifs is 2. The SMILES string of the molecule is CS(=O)N1CCC(c2cnc(NCc3c(F)ccc4c3CCO4)n3cnnc23)CC1. The van der Waals surface area contributed by atoms with Gasteiger partial charge in [-0.3, -0.25) is 4.40 Å². The van der Waals surface area contributed by atoms with Crippen LogP contribution >= 0.6 is 0 Å². The number of nitrogens with one attached hydrogen (secondary N) is 1. The van der Waals surface area contributed by atoms with Crippen LogP contribution in [0.3, 0.4) is 0 Å². The van der Waals surface area contributed by atoms with Crippen molar-refractivity contribution in [3.63, 3.8) is 0 Å². The maximum atomic E-state index is 14.4. The number of nitrogens with zero attached hydrogens (tertiary/aromatic N) is 5. The van der Waals surface area contributed by atoms with Gasteiger partial charge < -0.3 is 10.1 Å². The summed E-state index contributed by atoms with van der Waals surface area (Å²) >= 11 is 0. The van der Waals surface area contributed by atoms with E-state index in [1.54, 1.807) is 18.6 Å². The molecule has 5 rings (SSSR count). The van der Waals surface area contributed by atoms with Crippen LogP contribution in [0.5, 0.6) is 5.75 Å². The maximum Gasteiger partial charge on any atom is 0.210 e. The van der Waals surface area contributed by atoms with Crippen LogP contribution in [0, 0.1) is 5.82 Å². The van der Waals surface area contributed by atoms with Crippen molar-refractivity contribution < 1.29 is 13.3 Å². The van der Waals surface area contributed by atoms with E-state index in [0.717, 1.165) is 48.5 Å². The molecule has 30 heavy (non-hydrogen) atoms. The molecule has 8 nitrogen and oxygen atoms in total. The molecule has 2 aliphatic rings. The molecule has 0 amide bonds. The molecule has 0 aliphatic carbocycles. The molecule has 1 N–H and O–H groups in total. The minimum Gasteiger partial charge on any atom is -0.493 e. The van der Waals surface area contributed by atoms with E-state index >= 15 is 0 Å². The molecule has 0 saturated carbocycles. The second kappa shape index (κ2) is 7.92. The Balaban J connectivity index is 1.38. The first-order valence-electron chi connectivity index (χ1n) is 10.1. The second-order valence-corrected chi connectivity index (χ2v) is 9.01. The van der Waals surface area contributed by atoms with Gasteiger partial charge >= 0.3 is 0 Å². The fourth-order valence-electron chi connectivity index (χ4n) is 4.35. The standard InChI is InChI=1S/C20H23FN6O2S/c1-30(28)26-7-4-13(5-8-26)15-10-22-20(27-12-24-25-19(15)27)23-11-16-14-6-9-29-18(14)3-2-17(16)21/h2-3,10,12-13H,4-9,11H2,1H3,(H,22,23). The molecule has 0 spiro atoms. The summed E-state index contributed by atoms with van der Waals surface area (Å²) in [6.45, 7) is 2.46. The lowest BCUT2D eigenvalue weighted by molar-refractivity contribution is 0.335.